The molecule has 0 bridgehead atoms. The summed E-state index contributed by atoms with van der Waals surface area (Å²) in [7, 11) is 0. The minimum Gasteiger partial charge on any atom is -0.481 e. The maximum atomic E-state index is 12.4. The first-order chi connectivity index (χ1) is 9.45. The molecule has 0 aliphatic rings. The van der Waals surface area contributed by atoms with E-state index in [4.69, 9.17) is 4.74 Å². The Morgan fingerprint density at radius 3 is 2.10 bits per heavy atom. The summed E-state index contributed by atoms with van der Waals surface area (Å²) in [4.78, 5) is 12.4. The highest BCUT2D eigenvalue weighted by Crippen LogP contribution is 2.15. The highest BCUT2D eigenvalue weighted by Gasteiger charge is 2.25. The Bertz CT molecular complexity index is 393. The minimum absolute atomic E-state index is 0.0243. The molecule has 0 aliphatic heterocycles. The molecule has 0 heterocycles. The van der Waals surface area contributed by atoms with Crippen LogP contribution in [0.3, 0.4) is 0 Å². The van der Waals surface area contributed by atoms with E-state index in [9.17, 15) is 4.79 Å². The number of benzene rings is 1. The maximum Gasteiger partial charge on any atom is 0.261 e. The number of carbonyl (C=O) groups excluding carboxylic acids is 1. The molecule has 1 aromatic carbocycles. The van der Waals surface area contributed by atoms with Crippen LogP contribution in [0, 0.1) is 11.8 Å². The number of rotatable bonds is 7. The Hall–Kier alpha value is -1.51. The summed E-state index contributed by atoms with van der Waals surface area (Å²) in [6, 6.07) is 9.67. The Morgan fingerprint density at radius 1 is 1.10 bits per heavy atom. The zero-order valence-electron chi connectivity index (χ0n) is 13.2. The minimum atomic E-state index is -0.433. The van der Waals surface area contributed by atoms with Crippen molar-refractivity contribution in [3.05, 3.63) is 30.3 Å². The van der Waals surface area contributed by atoms with Gasteiger partial charge in [0.2, 0.25) is 0 Å². The molecular formula is C17H27NO2. The van der Waals surface area contributed by atoms with Gasteiger partial charge in [-0.1, -0.05) is 52.8 Å². The maximum absolute atomic E-state index is 12.4. The van der Waals surface area contributed by atoms with E-state index in [0.29, 0.717) is 18.3 Å². The van der Waals surface area contributed by atoms with Gasteiger partial charge in [-0.15, -0.1) is 0 Å². The van der Waals surface area contributed by atoms with E-state index in [1.807, 2.05) is 37.3 Å². The smallest absolute Gasteiger partial charge is 0.261 e. The first-order valence-corrected chi connectivity index (χ1v) is 7.47. The lowest BCUT2D eigenvalue weighted by Crippen LogP contribution is -2.48. The van der Waals surface area contributed by atoms with E-state index < -0.39 is 6.10 Å². The van der Waals surface area contributed by atoms with E-state index in [2.05, 4.69) is 33.0 Å². The molecule has 1 aromatic rings. The van der Waals surface area contributed by atoms with Crippen molar-refractivity contribution in [3.8, 4) is 5.75 Å². The first-order valence-electron chi connectivity index (χ1n) is 7.47. The molecule has 1 amide bonds. The normalized spacial score (nSPS) is 12.8. The molecule has 112 valence electrons. The van der Waals surface area contributed by atoms with E-state index >= 15 is 0 Å². The molecule has 0 fully saturated rings. The topological polar surface area (TPSA) is 38.3 Å². The molecule has 0 aromatic heterocycles. The molecule has 0 saturated carbocycles. The van der Waals surface area contributed by atoms with Crippen molar-refractivity contribution in [2.45, 2.75) is 53.2 Å². The third kappa shape index (κ3) is 4.87. The summed E-state index contributed by atoms with van der Waals surface area (Å²) in [5.41, 5.74) is 0. The number of para-hydroxylation sites is 1. The quantitative estimate of drug-likeness (QED) is 0.826. The molecule has 20 heavy (non-hydrogen) atoms. The van der Waals surface area contributed by atoms with Crippen LogP contribution in [0.5, 0.6) is 5.75 Å². The van der Waals surface area contributed by atoms with Crippen LogP contribution in [0.2, 0.25) is 0 Å². The lowest BCUT2D eigenvalue weighted by atomic mass is 9.93. The van der Waals surface area contributed by atoms with Crippen molar-refractivity contribution in [1.82, 2.24) is 5.32 Å². The van der Waals surface area contributed by atoms with Crippen LogP contribution in [0.25, 0.3) is 0 Å². The number of hydrogen-bond donors (Lipinski definition) is 1. The largest absolute Gasteiger partial charge is 0.481 e. The Balaban J connectivity index is 2.67. The van der Waals surface area contributed by atoms with Gasteiger partial charge in [0.25, 0.3) is 5.91 Å². The van der Waals surface area contributed by atoms with Gasteiger partial charge in [0, 0.05) is 6.04 Å². The fourth-order valence-corrected chi connectivity index (χ4v) is 2.35. The first kappa shape index (κ1) is 16.5. The number of nitrogens with one attached hydrogen (secondary N) is 1. The van der Waals surface area contributed by atoms with Gasteiger partial charge in [-0.2, -0.15) is 0 Å². The van der Waals surface area contributed by atoms with Crippen LogP contribution in [0.4, 0.5) is 0 Å². The summed E-state index contributed by atoms with van der Waals surface area (Å²) in [5, 5.41) is 3.12. The summed E-state index contributed by atoms with van der Waals surface area (Å²) < 4.78 is 5.77. The third-order valence-electron chi connectivity index (χ3n) is 3.43. The average Bonchev–Trinajstić information content (AvgIpc) is 2.42. The van der Waals surface area contributed by atoms with Gasteiger partial charge >= 0.3 is 0 Å². The summed E-state index contributed by atoms with van der Waals surface area (Å²) in [6.07, 6.45) is 0.223. The Labute approximate surface area is 122 Å². The van der Waals surface area contributed by atoms with Gasteiger partial charge in [-0.05, 0) is 30.4 Å². The molecule has 0 saturated heterocycles. The Kier molecular flexibility index (Phi) is 6.56. The second-order valence-corrected chi connectivity index (χ2v) is 5.85. The van der Waals surface area contributed by atoms with Gasteiger partial charge in [0.05, 0.1) is 0 Å². The van der Waals surface area contributed by atoms with Gasteiger partial charge in [-0.25, -0.2) is 0 Å². The predicted octanol–water partition coefficient (Wildman–Crippen LogP) is 3.64. The zero-order chi connectivity index (χ0) is 15.1. The molecule has 0 unspecified atom stereocenters. The van der Waals surface area contributed by atoms with Crippen LogP contribution in [-0.4, -0.2) is 18.1 Å². The fourth-order valence-electron chi connectivity index (χ4n) is 2.35. The molecule has 1 atom stereocenters. The molecule has 0 radical (unpaired) electrons. The predicted molar refractivity (Wildman–Crippen MR) is 82.8 cm³/mol. The number of carbonyl (C=O) groups is 1. The van der Waals surface area contributed by atoms with Crippen LogP contribution in [0.1, 0.15) is 41.0 Å². The molecule has 0 spiro atoms. The molecule has 0 aliphatic carbocycles. The van der Waals surface area contributed by atoms with Crippen molar-refractivity contribution in [3.63, 3.8) is 0 Å². The summed E-state index contributed by atoms with van der Waals surface area (Å²) >= 11 is 0. The second-order valence-electron chi connectivity index (χ2n) is 5.85. The van der Waals surface area contributed by atoms with E-state index in [1.54, 1.807) is 0 Å². The highest BCUT2D eigenvalue weighted by molar-refractivity contribution is 5.81. The molecule has 1 N–H and O–H groups in total. The van der Waals surface area contributed by atoms with Crippen LogP contribution in [-0.2, 0) is 4.79 Å². The summed E-state index contributed by atoms with van der Waals surface area (Å²) in [5.74, 6) is 1.53. The van der Waals surface area contributed by atoms with E-state index in [-0.39, 0.29) is 11.9 Å². The third-order valence-corrected chi connectivity index (χ3v) is 3.43. The number of hydrogen-bond acceptors (Lipinski definition) is 2. The Morgan fingerprint density at radius 2 is 1.65 bits per heavy atom. The summed E-state index contributed by atoms with van der Waals surface area (Å²) in [6.45, 7) is 10.5. The van der Waals surface area contributed by atoms with Crippen LogP contribution < -0.4 is 10.1 Å². The number of amides is 1. The highest BCUT2D eigenvalue weighted by atomic mass is 16.5. The lowest BCUT2D eigenvalue weighted by molar-refractivity contribution is -0.129. The lowest BCUT2D eigenvalue weighted by Gasteiger charge is -2.28. The van der Waals surface area contributed by atoms with Gasteiger partial charge < -0.3 is 10.1 Å². The van der Waals surface area contributed by atoms with Gasteiger partial charge in [-0.3, -0.25) is 4.79 Å². The standard InChI is InChI=1S/C17H27NO2/c1-6-15(20-14-10-8-7-9-11-14)17(19)18-16(12(2)3)13(4)5/h7-13,15-16H,6H2,1-5H3,(H,18,19)/t15-/m0/s1. The SMILES string of the molecule is CC[C@H](Oc1ccccc1)C(=O)NC(C(C)C)C(C)C. The van der Waals surface area contributed by atoms with Crippen molar-refractivity contribution in [2.24, 2.45) is 11.8 Å². The van der Waals surface area contributed by atoms with Gasteiger partial charge in [0.15, 0.2) is 6.10 Å². The molecular weight excluding hydrogens is 250 g/mol. The second kappa shape index (κ2) is 7.93. The van der Waals surface area contributed by atoms with Crippen LogP contribution in [0.15, 0.2) is 30.3 Å². The van der Waals surface area contributed by atoms with Crippen molar-refractivity contribution >= 4 is 5.91 Å². The van der Waals surface area contributed by atoms with Gasteiger partial charge in [0.1, 0.15) is 5.75 Å². The molecule has 3 nitrogen and oxygen atoms in total. The average molecular weight is 277 g/mol. The van der Waals surface area contributed by atoms with Crippen molar-refractivity contribution < 1.29 is 9.53 Å². The molecule has 1 rings (SSSR count). The zero-order valence-corrected chi connectivity index (χ0v) is 13.2. The fraction of sp³-hybridized carbons (Fsp3) is 0.588. The van der Waals surface area contributed by atoms with Crippen LogP contribution >= 0.6 is 0 Å². The van der Waals surface area contributed by atoms with E-state index in [0.717, 1.165) is 5.75 Å². The van der Waals surface area contributed by atoms with Crippen molar-refractivity contribution in [2.75, 3.05) is 0 Å². The number of ether oxygens (including phenoxy) is 1. The van der Waals surface area contributed by atoms with Crippen molar-refractivity contribution in [1.29, 1.82) is 0 Å². The van der Waals surface area contributed by atoms with E-state index in [1.165, 1.54) is 0 Å². The molecule has 3 heteroatoms. The monoisotopic (exact) mass is 277 g/mol.